The van der Waals surface area contributed by atoms with E-state index in [9.17, 15) is 13.2 Å². The molecule has 0 aromatic heterocycles. The molecule has 1 aromatic rings. The van der Waals surface area contributed by atoms with E-state index in [1.165, 1.54) is 30.7 Å². The number of sulfonamides is 1. The van der Waals surface area contributed by atoms with Crippen molar-refractivity contribution in [1.29, 1.82) is 0 Å². The van der Waals surface area contributed by atoms with Crippen LogP contribution in [-0.2, 0) is 19.6 Å². The molecule has 1 aliphatic heterocycles. The topological polar surface area (TPSA) is 97.4 Å². The monoisotopic (exact) mass is 469 g/mol. The van der Waals surface area contributed by atoms with Gasteiger partial charge < -0.3 is 19.5 Å². The van der Waals surface area contributed by atoms with E-state index in [4.69, 9.17) is 14.2 Å². The highest BCUT2D eigenvalue weighted by Crippen LogP contribution is 2.33. The molecule has 3 rings (SSSR count). The Kier molecular flexibility index (Phi) is 9.15. The minimum atomic E-state index is -3.89. The van der Waals surface area contributed by atoms with Gasteiger partial charge in [-0.05, 0) is 25.0 Å². The van der Waals surface area contributed by atoms with Crippen LogP contribution in [0.15, 0.2) is 23.1 Å². The quantitative estimate of drug-likeness (QED) is 0.554. The predicted molar refractivity (Wildman–Crippen MR) is 121 cm³/mol. The van der Waals surface area contributed by atoms with Crippen molar-refractivity contribution in [2.75, 3.05) is 60.2 Å². The van der Waals surface area contributed by atoms with E-state index in [-0.39, 0.29) is 23.4 Å². The van der Waals surface area contributed by atoms with Crippen LogP contribution in [0.1, 0.15) is 32.1 Å². The van der Waals surface area contributed by atoms with E-state index in [0.717, 1.165) is 51.7 Å². The first-order valence-electron chi connectivity index (χ1n) is 11.3. The van der Waals surface area contributed by atoms with E-state index in [0.29, 0.717) is 31.3 Å². The van der Waals surface area contributed by atoms with Gasteiger partial charge in [-0.2, -0.15) is 4.31 Å². The summed E-state index contributed by atoms with van der Waals surface area (Å²) in [6.07, 6.45) is 4.52. The second-order valence-corrected chi connectivity index (χ2v) is 10.1. The number of benzene rings is 1. The zero-order valence-electron chi connectivity index (χ0n) is 19.0. The van der Waals surface area contributed by atoms with Crippen molar-refractivity contribution < 1.29 is 27.4 Å². The molecule has 0 atom stereocenters. The van der Waals surface area contributed by atoms with Gasteiger partial charge in [0.25, 0.3) is 0 Å². The number of ether oxygens (including phenoxy) is 3. The highest BCUT2D eigenvalue weighted by atomic mass is 32.2. The van der Waals surface area contributed by atoms with Gasteiger partial charge in [0.05, 0.1) is 38.9 Å². The zero-order chi connectivity index (χ0) is 23.0. The lowest BCUT2D eigenvalue weighted by Crippen LogP contribution is -2.48. The number of carbonyl (C=O) groups is 1. The molecule has 0 spiro atoms. The van der Waals surface area contributed by atoms with Crippen LogP contribution in [0.2, 0.25) is 0 Å². The summed E-state index contributed by atoms with van der Waals surface area (Å²) >= 11 is 0. The Hall–Kier alpha value is -1.88. The number of carbonyl (C=O) groups excluding carboxylic acids is 1. The van der Waals surface area contributed by atoms with E-state index in [1.807, 2.05) is 0 Å². The van der Waals surface area contributed by atoms with Crippen molar-refractivity contribution in [2.45, 2.75) is 43.0 Å². The third-order valence-electron chi connectivity index (χ3n) is 6.10. The van der Waals surface area contributed by atoms with Gasteiger partial charge in [0, 0.05) is 38.3 Å². The fourth-order valence-electron chi connectivity index (χ4n) is 4.27. The lowest BCUT2D eigenvalue weighted by Gasteiger charge is -2.33. The maximum absolute atomic E-state index is 13.6. The minimum absolute atomic E-state index is 0.0989. The number of methoxy groups -OCH3 is 2. The lowest BCUT2D eigenvalue weighted by atomic mass is 9.95. The third kappa shape index (κ3) is 6.34. The Balaban J connectivity index is 1.72. The van der Waals surface area contributed by atoms with Crippen molar-refractivity contribution in [3.05, 3.63) is 18.2 Å². The molecule has 10 heteroatoms. The fraction of sp³-hybridized carbons (Fsp3) is 0.682. The van der Waals surface area contributed by atoms with E-state index >= 15 is 0 Å². The number of amides is 1. The van der Waals surface area contributed by atoms with Gasteiger partial charge in [-0.3, -0.25) is 9.69 Å². The molecule has 9 nitrogen and oxygen atoms in total. The Labute approximate surface area is 191 Å². The number of nitrogens with one attached hydrogen (secondary N) is 1. The lowest BCUT2D eigenvalue weighted by molar-refractivity contribution is -0.121. The highest BCUT2D eigenvalue weighted by molar-refractivity contribution is 7.89. The molecule has 0 bridgehead atoms. The first-order valence-corrected chi connectivity index (χ1v) is 12.7. The summed E-state index contributed by atoms with van der Waals surface area (Å²) < 4.78 is 44.4. The van der Waals surface area contributed by atoms with Crippen molar-refractivity contribution in [3.8, 4) is 11.5 Å². The Morgan fingerprint density at radius 2 is 1.81 bits per heavy atom. The van der Waals surface area contributed by atoms with Gasteiger partial charge in [0.1, 0.15) is 0 Å². The number of morpholine rings is 1. The summed E-state index contributed by atoms with van der Waals surface area (Å²) in [6, 6.07) is 4.35. The zero-order valence-corrected chi connectivity index (χ0v) is 19.9. The number of rotatable bonds is 10. The van der Waals surface area contributed by atoms with Gasteiger partial charge in [0.15, 0.2) is 11.5 Å². The number of hydrogen-bond acceptors (Lipinski definition) is 7. The first kappa shape index (κ1) is 24.8. The normalized spacial score (nSPS) is 18.5. The van der Waals surface area contributed by atoms with Gasteiger partial charge >= 0.3 is 0 Å². The summed E-state index contributed by atoms with van der Waals surface area (Å²) in [7, 11) is -0.920. The second kappa shape index (κ2) is 11.8. The summed E-state index contributed by atoms with van der Waals surface area (Å²) in [5.74, 6) is 0.511. The fourth-order valence-corrected chi connectivity index (χ4v) is 5.92. The Morgan fingerprint density at radius 1 is 1.12 bits per heavy atom. The average molecular weight is 470 g/mol. The van der Waals surface area contributed by atoms with Crippen molar-refractivity contribution in [2.24, 2.45) is 0 Å². The maximum atomic E-state index is 13.6. The molecule has 180 valence electrons. The van der Waals surface area contributed by atoms with Crippen LogP contribution in [0, 0.1) is 0 Å². The van der Waals surface area contributed by atoms with E-state index in [1.54, 1.807) is 6.07 Å². The molecule has 0 unspecified atom stereocenters. The molecule has 1 aromatic carbocycles. The molecule has 1 saturated carbocycles. The largest absolute Gasteiger partial charge is 0.493 e. The van der Waals surface area contributed by atoms with Crippen molar-refractivity contribution in [1.82, 2.24) is 14.5 Å². The third-order valence-corrected chi connectivity index (χ3v) is 7.99. The standard InChI is InChI=1S/C22H35N3O6S/c1-29-20-9-8-19(16-21(20)30-2)32(27,28)25(18-6-4-3-5-7-18)17-22(26)23-10-11-24-12-14-31-15-13-24/h8-9,16,18H,3-7,10-15,17H2,1-2H3,(H,23,26). The minimum Gasteiger partial charge on any atom is -0.493 e. The van der Waals surface area contributed by atoms with Crippen LogP contribution in [0.25, 0.3) is 0 Å². The van der Waals surface area contributed by atoms with E-state index in [2.05, 4.69) is 10.2 Å². The van der Waals surface area contributed by atoms with Crippen LogP contribution < -0.4 is 14.8 Å². The van der Waals surface area contributed by atoms with Crippen molar-refractivity contribution in [3.63, 3.8) is 0 Å². The Bertz CT molecular complexity index is 851. The molecule has 1 saturated heterocycles. The summed E-state index contributed by atoms with van der Waals surface area (Å²) in [6.45, 7) is 4.11. The molecular weight excluding hydrogens is 434 g/mol. The van der Waals surface area contributed by atoms with Crippen molar-refractivity contribution >= 4 is 15.9 Å². The van der Waals surface area contributed by atoms with Gasteiger partial charge in [-0.15, -0.1) is 0 Å². The molecule has 1 N–H and O–H groups in total. The molecule has 32 heavy (non-hydrogen) atoms. The van der Waals surface area contributed by atoms with Crippen LogP contribution >= 0.6 is 0 Å². The van der Waals surface area contributed by atoms with Crippen LogP contribution in [-0.4, -0.2) is 89.7 Å². The van der Waals surface area contributed by atoms with Crippen LogP contribution in [0.4, 0.5) is 0 Å². The summed E-state index contributed by atoms with van der Waals surface area (Å²) in [5.41, 5.74) is 0. The Morgan fingerprint density at radius 3 is 2.47 bits per heavy atom. The first-order chi connectivity index (χ1) is 15.5. The number of nitrogens with zero attached hydrogens (tertiary/aromatic N) is 2. The smallest absolute Gasteiger partial charge is 0.243 e. The molecular formula is C22H35N3O6S. The highest BCUT2D eigenvalue weighted by Gasteiger charge is 2.34. The maximum Gasteiger partial charge on any atom is 0.243 e. The SMILES string of the molecule is COc1ccc(S(=O)(=O)N(CC(=O)NCCN2CCOCC2)C2CCCCC2)cc1OC. The molecule has 0 radical (unpaired) electrons. The van der Waals surface area contributed by atoms with Crippen LogP contribution in [0.5, 0.6) is 11.5 Å². The van der Waals surface area contributed by atoms with E-state index < -0.39 is 10.0 Å². The number of hydrogen-bond donors (Lipinski definition) is 1. The molecule has 2 aliphatic rings. The van der Waals surface area contributed by atoms with Gasteiger partial charge in [0.2, 0.25) is 15.9 Å². The van der Waals surface area contributed by atoms with Gasteiger partial charge in [-0.1, -0.05) is 19.3 Å². The summed E-state index contributed by atoms with van der Waals surface area (Å²) in [4.78, 5) is 15.1. The molecule has 1 aliphatic carbocycles. The molecule has 1 heterocycles. The average Bonchev–Trinajstić information content (AvgIpc) is 2.83. The molecule has 2 fully saturated rings. The van der Waals surface area contributed by atoms with Gasteiger partial charge in [-0.25, -0.2) is 8.42 Å². The molecule has 1 amide bonds. The summed E-state index contributed by atoms with van der Waals surface area (Å²) in [5, 5.41) is 2.89. The van der Waals surface area contributed by atoms with Crippen LogP contribution in [0.3, 0.4) is 0 Å². The predicted octanol–water partition coefficient (Wildman–Crippen LogP) is 1.48. The second-order valence-electron chi connectivity index (χ2n) is 8.16.